The van der Waals surface area contributed by atoms with Crippen LogP contribution >= 0.6 is 0 Å². The topological polar surface area (TPSA) is 117 Å². The van der Waals surface area contributed by atoms with Gasteiger partial charge in [0.25, 0.3) is 5.91 Å². The summed E-state index contributed by atoms with van der Waals surface area (Å²) in [6.07, 6.45) is 2.32. The molecule has 0 aliphatic carbocycles. The summed E-state index contributed by atoms with van der Waals surface area (Å²) in [4.78, 5) is 36.6. The first-order chi connectivity index (χ1) is 8.50. The van der Waals surface area contributed by atoms with Gasteiger partial charge in [-0.05, 0) is 18.6 Å². The first kappa shape index (κ1) is 13.6. The number of nitrogens with zero attached hydrogens (tertiary/aromatic N) is 1. The number of rotatable bonds is 6. The van der Waals surface area contributed by atoms with Crippen LogP contribution in [0.1, 0.15) is 23.2 Å². The van der Waals surface area contributed by atoms with E-state index in [-0.39, 0.29) is 18.4 Å². The highest BCUT2D eigenvalue weighted by Crippen LogP contribution is 2.02. The lowest BCUT2D eigenvalue weighted by atomic mass is 10.1. The number of carboxylic acid groups (broad SMARTS) is 2. The van der Waals surface area contributed by atoms with E-state index in [1.54, 1.807) is 0 Å². The molecule has 1 aromatic rings. The van der Waals surface area contributed by atoms with Crippen molar-refractivity contribution in [3.63, 3.8) is 0 Å². The molecule has 0 radical (unpaired) electrons. The standard InChI is InChI=1S/C11H12N2O5/c14-9(15)2-1-8(11(17)18)13-10(16)7-3-5-12-6-4-7/h3-6,8H,1-2H2,(H,13,16)(H,14,15)(H,17,18)/t8-/m1/s1. The average Bonchev–Trinajstić information content (AvgIpc) is 2.34. The number of hydrogen-bond acceptors (Lipinski definition) is 4. The van der Waals surface area contributed by atoms with Crippen LogP contribution in [0.3, 0.4) is 0 Å². The maximum atomic E-state index is 11.7. The van der Waals surface area contributed by atoms with E-state index in [0.717, 1.165) is 0 Å². The minimum Gasteiger partial charge on any atom is -0.481 e. The van der Waals surface area contributed by atoms with E-state index in [4.69, 9.17) is 10.2 Å². The van der Waals surface area contributed by atoms with Gasteiger partial charge in [-0.3, -0.25) is 14.6 Å². The molecule has 0 saturated heterocycles. The van der Waals surface area contributed by atoms with Crippen LogP contribution in [0.25, 0.3) is 0 Å². The number of carboxylic acids is 2. The molecule has 1 atom stereocenters. The lowest BCUT2D eigenvalue weighted by molar-refractivity contribution is -0.140. The summed E-state index contributed by atoms with van der Waals surface area (Å²) >= 11 is 0. The summed E-state index contributed by atoms with van der Waals surface area (Å²) in [7, 11) is 0. The Kier molecular flexibility index (Phi) is 4.79. The van der Waals surface area contributed by atoms with Gasteiger partial charge in [0.15, 0.2) is 0 Å². The van der Waals surface area contributed by atoms with Gasteiger partial charge in [-0.1, -0.05) is 0 Å². The number of amides is 1. The molecule has 0 aromatic carbocycles. The first-order valence-electron chi connectivity index (χ1n) is 5.16. The molecule has 7 nitrogen and oxygen atoms in total. The van der Waals surface area contributed by atoms with E-state index in [2.05, 4.69) is 10.3 Å². The van der Waals surface area contributed by atoms with Gasteiger partial charge in [-0.2, -0.15) is 0 Å². The number of carbonyl (C=O) groups is 3. The third kappa shape index (κ3) is 4.20. The molecule has 1 amide bonds. The highest BCUT2D eigenvalue weighted by molar-refractivity contribution is 5.96. The van der Waals surface area contributed by atoms with E-state index in [1.165, 1.54) is 24.5 Å². The Morgan fingerprint density at radius 3 is 2.33 bits per heavy atom. The largest absolute Gasteiger partial charge is 0.481 e. The van der Waals surface area contributed by atoms with Gasteiger partial charge < -0.3 is 15.5 Å². The van der Waals surface area contributed by atoms with E-state index >= 15 is 0 Å². The van der Waals surface area contributed by atoms with Crippen molar-refractivity contribution >= 4 is 17.8 Å². The number of aliphatic carboxylic acids is 2. The number of aromatic nitrogens is 1. The molecule has 3 N–H and O–H groups in total. The predicted molar refractivity (Wildman–Crippen MR) is 60.0 cm³/mol. The van der Waals surface area contributed by atoms with Crippen molar-refractivity contribution in [1.82, 2.24) is 10.3 Å². The van der Waals surface area contributed by atoms with Gasteiger partial charge in [0.05, 0.1) is 0 Å². The highest BCUT2D eigenvalue weighted by atomic mass is 16.4. The molecule has 1 rings (SSSR count). The third-order valence-corrected chi connectivity index (χ3v) is 2.19. The van der Waals surface area contributed by atoms with Crippen LogP contribution in [0.5, 0.6) is 0 Å². The fourth-order valence-corrected chi connectivity index (χ4v) is 1.27. The summed E-state index contributed by atoms with van der Waals surface area (Å²) in [6.45, 7) is 0. The van der Waals surface area contributed by atoms with Gasteiger partial charge >= 0.3 is 11.9 Å². The molecule has 7 heteroatoms. The second-order valence-corrected chi connectivity index (χ2v) is 3.53. The lowest BCUT2D eigenvalue weighted by Crippen LogP contribution is -2.41. The Labute approximate surface area is 102 Å². The summed E-state index contributed by atoms with van der Waals surface area (Å²) in [6, 6.07) is 1.65. The zero-order valence-electron chi connectivity index (χ0n) is 9.37. The zero-order chi connectivity index (χ0) is 13.5. The molecule has 18 heavy (non-hydrogen) atoms. The molecule has 0 aliphatic heterocycles. The van der Waals surface area contributed by atoms with Crippen molar-refractivity contribution < 1.29 is 24.6 Å². The number of carbonyl (C=O) groups excluding carboxylic acids is 1. The summed E-state index contributed by atoms with van der Waals surface area (Å²) in [5.74, 6) is -2.95. The Morgan fingerprint density at radius 2 is 1.83 bits per heavy atom. The van der Waals surface area contributed by atoms with Crippen LogP contribution in [-0.4, -0.2) is 39.1 Å². The van der Waals surface area contributed by atoms with Crippen molar-refractivity contribution in [3.8, 4) is 0 Å². The molecule has 1 heterocycles. The van der Waals surface area contributed by atoms with Gasteiger partial charge in [0.2, 0.25) is 0 Å². The van der Waals surface area contributed by atoms with Crippen LogP contribution < -0.4 is 5.32 Å². The van der Waals surface area contributed by atoms with Crippen molar-refractivity contribution in [3.05, 3.63) is 30.1 Å². The monoisotopic (exact) mass is 252 g/mol. The Balaban J connectivity index is 2.64. The van der Waals surface area contributed by atoms with E-state index < -0.39 is 23.9 Å². The van der Waals surface area contributed by atoms with E-state index in [0.29, 0.717) is 0 Å². The van der Waals surface area contributed by atoms with Crippen molar-refractivity contribution in [2.24, 2.45) is 0 Å². The fraction of sp³-hybridized carbons (Fsp3) is 0.273. The van der Waals surface area contributed by atoms with Crippen LogP contribution in [-0.2, 0) is 9.59 Å². The molecular formula is C11H12N2O5. The maximum Gasteiger partial charge on any atom is 0.326 e. The second kappa shape index (κ2) is 6.33. The smallest absolute Gasteiger partial charge is 0.326 e. The van der Waals surface area contributed by atoms with Crippen LogP contribution in [0.15, 0.2) is 24.5 Å². The molecule has 0 spiro atoms. The van der Waals surface area contributed by atoms with Crippen LogP contribution in [0.4, 0.5) is 0 Å². The molecule has 0 saturated carbocycles. The molecular weight excluding hydrogens is 240 g/mol. The van der Waals surface area contributed by atoms with Crippen molar-refractivity contribution in [2.75, 3.05) is 0 Å². The molecule has 96 valence electrons. The maximum absolute atomic E-state index is 11.7. The SMILES string of the molecule is O=C(O)CC[C@@H](NC(=O)c1ccncc1)C(=O)O. The third-order valence-electron chi connectivity index (χ3n) is 2.19. The second-order valence-electron chi connectivity index (χ2n) is 3.53. The Morgan fingerprint density at radius 1 is 1.22 bits per heavy atom. The summed E-state index contributed by atoms with van der Waals surface area (Å²) in [5.41, 5.74) is 0.270. The zero-order valence-corrected chi connectivity index (χ0v) is 9.37. The van der Waals surface area contributed by atoms with E-state index in [1.807, 2.05) is 0 Å². The molecule has 0 fully saturated rings. The Bertz CT molecular complexity index is 446. The summed E-state index contributed by atoms with van der Waals surface area (Å²) in [5, 5.41) is 19.6. The van der Waals surface area contributed by atoms with Gasteiger partial charge in [0, 0.05) is 24.4 Å². The molecule has 0 bridgehead atoms. The van der Waals surface area contributed by atoms with Crippen molar-refractivity contribution in [2.45, 2.75) is 18.9 Å². The average molecular weight is 252 g/mol. The minimum atomic E-state index is -1.27. The fourth-order valence-electron chi connectivity index (χ4n) is 1.27. The summed E-state index contributed by atoms with van der Waals surface area (Å²) < 4.78 is 0. The normalized spacial score (nSPS) is 11.6. The minimum absolute atomic E-state index is 0.165. The number of pyridine rings is 1. The van der Waals surface area contributed by atoms with Crippen LogP contribution in [0.2, 0.25) is 0 Å². The lowest BCUT2D eigenvalue weighted by Gasteiger charge is -2.13. The predicted octanol–water partition coefficient (Wildman–Crippen LogP) is 0.129. The highest BCUT2D eigenvalue weighted by Gasteiger charge is 2.21. The number of nitrogens with one attached hydrogen (secondary N) is 1. The molecule has 0 aliphatic rings. The van der Waals surface area contributed by atoms with E-state index in [9.17, 15) is 14.4 Å². The van der Waals surface area contributed by atoms with Crippen LogP contribution in [0, 0.1) is 0 Å². The molecule has 0 unspecified atom stereocenters. The van der Waals surface area contributed by atoms with Gasteiger partial charge in [-0.15, -0.1) is 0 Å². The Hall–Kier alpha value is -2.44. The number of hydrogen-bond donors (Lipinski definition) is 3. The first-order valence-corrected chi connectivity index (χ1v) is 5.16. The van der Waals surface area contributed by atoms with Crippen molar-refractivity contribution in [1.29, 1.82) is 0 Å². The van der Waals surface area contributed by atoms with Gasteiger partial charge in [0.1, 0.15) is 6.04 Å². The quantitative estimate of drug-likeness (QED) is 0.662. The van der Waals surface area contributed by atoms with Gasteiger partial charge in [-0.25, -0.2) is 4.79 Å². The molecule has 1 aromatic heterocycles.